The Labute approximate surface area is 104 Å². The summed E-state index contributed by atoms with van der Waals surface area (Å²) < 4.78 is 5.47. The van der Waals surface area contributed by atoms with Crippen LogP contribution < -0.4 is 10.5 Å². The molecular formula is C12H14ClNO3. The number of ether oxygens (including phenoxy) is 1. The van der Waals surface area contributed by atoms with Crippen LogP contribution in [0.25, 0.3) is 0 Å². The smallest absolute Gasteiger partial charge is 0.339 e. The maximum absolute atomic E-state index is 11.0. The number of halogens is 1. The standard InChI is InChI=1S/C12H14ClNO3/c13-10-6-8(14)5-9(12(15)16)11(10)17-4-3-7-1-2-7/h5-7H,1-4,14H2,(H,15,16). The van der Waals surface area contributed by atoms with Crippen LogP contribution in [0.5, 0.6) is 5.75 Å². The van der Waals surface area contributed by atoms with Crippen LogP contribution in [0.2, 0.25) is 5.02 Å². The van der Waals surface area contributed by atoms with Gasteiger partial charge in [0.15, 0.2) is 5.75 Å². The largest absolute Gasteiger partial charge is 0.491 e. The molecule has 0 bridgehead atoms. The van der Waals surface area contributed by atoms with E-state index in [9.17, 15) is 4.79 Å². The molecule has 0 unspecified atom stereocenters. The summed E-state index contributed by atoms with van der Waals surface area (Å²) in [6.45, 7) is 0.495. The van der Waals surface area contributed by atoms with Gasteiger partial charge in [-0.3, -0.25) is 0 Å². The molecule has 0 atom stereocenters. The SMILES string of the molecule is Nc1cc(Cl)c(OCCC2CC2)c(C(=O)O)c1. The Hall–Kier alpha value is -1.42. The van der Waals surface area contributed by atoms with Gasteiger partial charge in [0.25, 0.3) is 0 Å². The predicted molar refractivity (Wildman–Crippen MR) is 65.7 cm³/mol. The van der Waals surface area contributed by atoms with Gasteiger partial charge in [-0.25, -0.2) is 4.79 Å². The lowest BCUT2D eigenvalue weighted by Gasteiger charge is -2.11. The highest BCUT2D eigenvalue weighted by molar-refractivity contribution is 6.33. The second kappa shape index (κ2) is 4.84. The summed E-state index contributed by atoms with van der Waals surface area (Å²) in [5.74, 6) is -0.134. The summed E-state index contributed by atoms with van der Waals surface area (Å²) in [6.07, 6.45) is 3.43. The van der Waals surface area contributed by atoms with Crippen molar-refractivity contribution in [3.8, 4) is 5.75 Å². The zero-order valence-corrected chi connectivity index (χ0v) is 10.0. The molecule has 1 aliphatic rings. The van der Waals surface area contributed by atoms with Gasteiger partial charge in [0.05, 0.1) is 11.6 Å². The lowest BCUT2D eigenvalue weighted by Crippen LogP contribution is -2.06. The van der Waals surface area contributed by atoms with Crippen molar-refractivity contribution in [1.29, 1.82) is 0 Å². The van der Waals surface area contributed by atoms with Crippen molar-refractivity contribution in [3.05, 3.63) is 22.7 Å². The van der Waals surface area contributed by atoms with Crippen LogP contribution in [0.3, 0.4) is 0 Å². The van der Waals surface area contributed by atoms with E-state index in [1.807, 2.05) is 0 Å². The molecule has 92 valence electrons. The van der Waals surface area contributed by atoms with Gasteiger partial charge in [0, 0.05) is 5.69 Å². The Morgan fingerprint density at radius 3 is 2.82 bits per heavy atom. The molecule has 2 rings (SSSR count). The van der Waals surface area contributed by atoms with Crippen molar-refractivity contribution in [2.75, 3.05) is 12.3 Å². The van der Waals surface area contributed by atoms with Crippen molar-refractivity contribution in [3.63, 3.8) is 0 Å². The molecule has 0 aromatic heterocycles. The molecule has 4 nitrogen and oxygen atoms in total. The van der Waals surface area contributed by atoms with Crippen molar-refractivity contribution in [2.45, 2.75) is 19.3 Å². The number of nitrogen functional groups attached to an aromatic ring is 1. The third-order valence-corrected chi connectivity index (χ3v) is 3.05. The van der Waals surface area contributed by atoms with Crippen molar-refractivity contribution >= 4 is 23.3 Å². The number of rotatable bonds is 5. The minimum absolute atomic E-state index is 0.0193. The number of carboxylic acids is 1. The predicted octanol–water partition coefficient (Wildman–Crippen LogP) is 2.80. The van der Waals surface area contributed by atoms with E-state index in [1.165, 1.54) is 25.0 Å². The van der Waals surface area contributed by atoms with Gasteiger partial charge in [0.1, 0.15) is 5.56 Å². The molecule has 0 aliphatic heterocycles. The summed E-state index contributed by atoms with van der Waals surface area (Å²) in [4.78, 5) is 11.0. The van der Waals surface area contributed by atoms with Gasteiger partial charge < -0.3 is 15.6 Å². The normalized spacial score (nSPS) is 14.6. The molecule has 1 saturated carbocycles. The molecule has 0 spiro atoms. The average molecular weight is 256 g/mol. The Bertz CT molecular complexity index is 444. The number of aromatic carboxylic acids is 1. The maximum Gasteiger partial charge on any atom is 0.339 e. The summed E-state index contributed by atoms with van der Waals surface area (Å²) >= 11 is 5.94. The second-order valence-electron chi connectivity index (χ2n) is 4.27. The fraction of sp³-hybridized carbons (Fsp3) is 0.417. The van der Waals surface area contributed by atoms with Crippen LogP contribution in [0.4, 0.5) is 5.69 Å². The number of hydrogen-bond acceptors (Lipinski definition) is 3. The van der Waals surface area contributed by atoms with Gasteiger partial charge in [-0.15, -0.1) is 0 Å². The van der Waals surface area contributed by atoms with Crippen molar-refractivity contribution in [2.24, 2.45) is 5.92 Å². The summed E-state index contributed by atoms with van der Waals surface area (Å²) in [6, 6.07) is 2.86. The molecule has 3 N–H and O–H groups in total. The molecule has 0 heterocycles. The van der Waals surface area contributed by atoms with Crippen molar-refractivity contribution in [1.82, 2.24) is 0 Å². The van der Waals surface area contributed by atoms with E-state index in [4.69, 9.17) is 27.2 Å². The van der Waals surface area contributed by atoms with Gasteiger partial charge >= 0.3 is 5.97 Å². The molecule has 1 aliphatic carbocycles. The topological polar surface area (TPSA) is 72.5 Å². The summed E-state index contributed by atoms with van der Waals surface area (Å²) in [5, 5.41) is 9.29. The molecule has 0 amide bonds. The first-order valence-corrected chi connectivity index (χ1v) is 5.91. The fourth-order valence-electron chi connectivity index (χ4n) is 1.65. The lowest BCUT2D eigenvalue weighted by molar-refractivity contribution is 0.0692. The highest BCUT2D eigenvalue weighted by Crippen LogP contribution is 2.35. The molecule has 5 heteroatoms. The average Bonchev–Trinajstić information content (AvgIpc) is 3.04. The molecule has 17 heavy (non-hydrogen) atoms. The van der Waals surface area contributed by atoms with Gasteiger partial charge in [-0.2, -0.15) is 0 Å². The first-order valence-electron chi connectivity index (χ1n) is 5.53. The summed E-state index contributed by atoms with van der Waals surface area (Å²) in [7, 11) is 0. The van der Waals surface area contributed by atoms with Crippen LogP contribution in [0, 0.1) is 5.92 Å². The van der Waals surface area contributed by atoms with E-state index in [-0.39, 0.29) is 16.3 Å². The second-order valence-corrected chi connectivity index (χ2v) is 4.67. The minimum atomic E-state index is -1.08. The van der Waals surface area contributed by atoms with E-state index < -0.39 is 5.97 Å². The molecule has 1 aromatic rings. The van der Waals surface area contributed by atoms with Crippen molar-refractivity contribution < 1.29 is 14.6 Å². The molecular weight excluding hydrogens is 242 g/mol. The van der Waals surface area contributed by atoms with Gasteiger partial charge in [0.2, 0.25) is 0 Å². The van der Waals surface area contributed by atoms with Crippen LogP contribution >= 0.6 is 11.6 Å². The zero-order chi connectivity index (χ0) is 12.4. The van der Waals surface area contributed by atoms with Crippen LogP contribution in [0.1, 0.15) is 29.6 Å². The van der Waals surface area contributed by atoms with E-state index in [0.29, 0.717) is 12.3 Å². The maximum atomic E-state index is 11.0. The fourth-order valence-corrected chi connectivity index (χ4v) is 1.94. The first-order chi connectivity index (χ1) is 8.08. The quantitative estimate of drug-likeness (QED) is 0.794. The molecule has 1 aromatic carbocycles. The molecule has 0 saturated heterocycles. The number of nitrogens with two attached hydrogens (primary N) is 1. The first kappa shape index (κ1) is 12.0. The number of anilines is 1. The Morgan fingerprint density at radius 2 is 2.24 bits per heavy atom. The van der Waals surface area contributed by atoms with E-state index >= 15 is 0 Å². The number of carbonyl (C=O) groups is 1. The van der Waals surface area contributed by atoms with Crippen LogP contribution in [0.15, 0.2) is 12.1 Å². The number of carboxylic acid groups (broad SMARTS) is 1. The highest BCUT2D eigenvalue weighted by atomic mass is 35.5. The monoisotopic (exact) mass is 255 g/mol. The third-order valence-electron chi connectivity index (χ3n) is 2.77. The third kappa shape index (κ3) is 3.03. The zero-order valence-electron chi connectivity index (χ0n) is 9.28. The van der Waals surface area contributed by atoms with Crippen LogP contribution in [-0.2, 0) is 0 Å². The minimum Gasteiger partial charge on any atom is -0.491 e. The van der Waals surface area contributed by atoms with E-state index in [1.54, 1.807) is 0 Å². The van der Waals surface area contributed by atoms with Gasteiger partial charge in [-0.05, 0) is 24.5 Å². The highest BCUT2D eigenvalue weighted by Gasteiger charge is 2.22. The number of benzene rings is 1. The van der Waals surface area contributed by atoms with Gasteiger partial charge in [-0.1, -0.05) is 24.4 Å². The Kier molecular flexibility index (Phi) is 3.43. The van der Waals surface area contributed by atoms with E-state index in [0.717, 1.165) is 12.3 Å². The lowest BCUT2D eigenvalue weighted by atomic mass is 10.2. The number of hydrogen-bond donors (Lipinski definition) is 2. The summed E-state index contributed by atoms with van der Waals surface area (Å²) in [5.41, 5.74) is 5.89. The van der Waals surface area contributed by atoms with E-state index in [2.05, 4.69) is 0 Å². The van der Waals surface area contributed by atoms with Crippen LogP contribution in [-0.4, -0.2) is 17.7 Å². The Balaban J connectivity index is 2.14. The molecule has 1 fully saturated rings. The Morgan fingerprint density at radius 1 is 1.53 bits per heavy atom. The molecule has 0 radical (unpaired) electrons.